The van der Waals surface area contributed by atoms with Crippen LogP contribution in [0.4, 0.5) is 0 Å². The number of ether oxygens (including phenoxy) is 1. The molecule has 0 aliphatic rings. The van der Waals surface area contributed by atoms with Gasteiger partial charge in [0.05, 0.1) is 6.54 Å². The van der Waals surface area contributed by atoms with E-state index in [0.29, 0.717) is 6.41 Å². The normalized spacial score (nSPS) is 11.5. The van der Waals surface area contributed by atoms with Crippen LogP contribution in [-0.4, -0.2) is 37.6 Å². The van der Waals surface area contributed by atoms with E-state index in [9.17, 15) is 14.4 Å². The Morgan fingerprint density at radius 2 is 2.21 bits per heavy atom. The molecule has 0 saturated heterocycles. The molecule has 1 atom stereocenters. The van der Waals surface area contributed by atoms with Gasteiger partial charge in [-0.2, -0.15) is 0 Å². The molecule has 0 saturated carbocycles. The number of rotatable bonds is 7. The van der Waals surface area contributed by atoms with Crippen LogP contribution in [0.1, 0.15) is 6.92 Å². The highest BCUT2D eigenvalue weighted by Gasteiger charge is 2.08. The third-order valence-corrected chi connectivity index (χ3v) is 1.35. The second kappa shape index (κ2) is 6.84. The van der Waals surface area contributed by atoms with Gasteiger partial charge in [-0.15, -0.1) is 0 Å². The zero-order chi connectivity index (χ0) is 11.0. The highest BCUT2D eigenvalue weighted by atomic mass is 16.5. The molecular formula is C7H13N3O4. The molecule has 14 heavy (non-hydrogen) atoms. The van der Waals surface area contributed by atoms with E-state index in [2.05, 4.69) is 10.6 Å². The summed E-state index contributed by atoms with van der Waals surface area (Å²) in [5.74, 6) is -1.01. The summed E-state index contributed by atoms with van der Waals surface area (Å²) in [6, 6.07) is 0. The van der Waals surface area contributed by atoms with Gasteiger partial charge < -0.3 is 21.1 Å². The topological polar surface area (TPSA) is 111 Å². The SMILES string of the molecule is CC(OCNC(=O)CNC=O)C(N)=O. The molecule has 7 heteroatoms. The summed E-state index contributed by atoms with van der Waals surface area (Å²) in [4.78, 5) is 31.1. The summed E-state index contributed by atoms with van der Waals surface area (Å²) in [6.07, 6.45) is -0.346. The predicted molar refractivity (Wildman–Crippen MR) is 46.8 cm³/mol. The fourth-order valence-corrected chi connectivity index (χ4v) is 0.526. The Hall–Kier alpha value is -1.63. The molecule has 0 heterocycles. The van der Waals surface area contributed by atoms with Gasteiger partial charge in [-0.1, -0.05) is 0 Å². The minimum absolute atomic E-state index is 0.122. The van der Waals surface area contributed by atoms with Crippen molar-refractivity contribution in [2.24, 2.45) is 5.73 Å². The lowest BCUT2D eigenvalue weighted by Crippen LogP contribution is -2.37. The van der Waals surface area contributed by atoms with Gasteiger partial charge in [0, 0.05) is 0 Å². The van der Waals surface area contributed by atoms with Crippen molar-refractivity contribution in [3.63, 3.8) is 0 Å². The first-order valence-corrected chi connectivity index (χ1v) is 3.92. The first-order valence-electron chi connectivity index (χ1n) is 3.92. The molecule has 0 spiro atoms. The Balaban J connectivity index is 3.48. The molecule has 0 aromatic carbocycles. The summed E-state index contributed by atoms with van der Waals surface area (Å²) >= 11 is 0. The lowest BCUT2D eigenvalue weighted by atomic mass is 10.4. The quantitative estimate of drug-likeness (QED) is 0.319. The molecule has 4 N–H and O–H groups in total. The maximum atomic E-state index is 10.8. The zero-order valence-electron chi connectivity index (χ0n) is 7.78. The minimum atomic E-state index is -0.755. The molecular weight excluding hydrogens is 190 g/mol. The van der Waals surface area contributed by atoms with Crippen LogP contribution in [0.3, 0.4) is 0 Å². The van der Waals surface area contributed by atoms with Crippen molar-refractivity contribution in [3.8, 4) is 0 Å². The van der Waals surface area contributed by atoms with Gasteiger partial charge in [-0.05, 0) is 6.92 Å². The van der Waals surface area contributed by atoms with Crippen LogP contribution in [0.5, 0.6) is 0 Å². The molecule has 0 aliphatic carbocycles. The monoisotopic (exact) mass is 203 g/mol. The molecule has 0 rings (SSSR count). The standard InChI is InChI=1S/C7H13N3O4/c1-5(7(8)13)14-4-10-6(12)2-9-3-11/h3,5H,2,4H2,1H3,(H2,8,13)(H,9,11)(H,10,12). The van der Waals surface area contributed by atoms with Crippen molar-refractivity contribution in [2.75, 3.05) is 13.3 Å². The molecule has 0 aromatic rings. The smallest absolute Gasteiger partial charge is 0.246 e. The number of carbonyl (C=O) groups excluding carboxylic acids is 3. The molecule has 7 nitrogen and oxygen atoms in total. The molecule has 0 aliphatic heterocycles. The van der Waals surface area contributed by atoms with Crippen molar-refractivity contribution in [2.45, 2.75) is 13.0 Å². The van der Waals surface area contributed by atoms with Gasteiger partial charge in [0.2, 0.25) is 18.2 Å². The number of hydrogen-bond acceptors (Lipinski definition) is 4. The summed E-state index contributed by atoms with van der Waals surface area (Å²) in [7, 11) is 0. The Labute approximate surface area is 81.0 Å². The third kappa shape index (κ3) is 5.95. The second-order valence-electron chi connectivity index (χ2n) is 2.45. The van der Waals surface area contributed by atoms with Gasteiger partial charge in [-0.25, -0.2) is 0 Å². The van der Waals surface area contributed by atoms with E-state index >= 15 is 0 Å². The number of hydrogen-bond donors (Lipinski definition) is 3. The van der Waals surface area contributed by atoms with Gasteiger partial charge in [0.25, 0.3) is 0 Å². The number of primary amides is 1. The van der Waals surface area contributed by atoms with Gasteiger partial charge in [0.1, 0.15) is 12.8 Å². The van der Waals surface area contributed by atoms with Gasteiger partial charge in [0.15, 0.2) is 0 Å². The Kier molecular flexibility index (Phi) is 6.04. The summed E-state index contributed by atoms with van der Waals surface area (Å²) in [5.41, 5.74) is 4.90. The fourth-order valence-electron chi connectivity index (χ4n) is 0.526. The van der Waals surface area contributed by atoms with Crippen LogP contribution < -0.4 is 16.4 Å². The first-order chi connectivity index (χ1) is 6.57. The predicted octanol–water partition coefficient (Wildman–Crippen LogP) is -2.30. The fraction of sp³-hybridized carbons (Fsp3) is 0.571. The zero-order valence-corrected chi connectivity index (χ0v) is 7.78. The van der Waals surface area contributed by atoms with E-state index in [-0.39, 0.29) is 13.3 Å². The molecule has 0 bridgehead atoms. The second-order valence-corrected chi connectivity index (χ2v) is 2.45. The summed E-state index contributed by atoms with van der Waals surface area (Å²) < 4.78 is 4.83. The van der Waals surface area contributed by atoms with Gasteiger partial charge >= 0.3 is 0 Å². The van der Waals surface area contributed by atoms with Crippen LogP contribution in [0.15, 0.2) is 0 Å². The summed E-state index contributed by atoms with van der Waals surface area (Å²) in [6.45, 7) is 1.22. The highest BCUT2D eigenvalue weighted by molar-refractivity contribution is 5.80. The van der Waals surface area contributed by atoms with Crippen molar-refractivity contribution < 1.29 is 19.1 Å². The minimum Gasteiger partial charge on any atom is -0.367 e. The molecule has 0 fully saturated rings. The van der Waals surface area contributed by atoms with Crippen molar-refractivity contribution in [1.82, 2.24) is 10.6 Å². The molecule has 0 radical (unpaired) electrons. The summed E-state index contributed by atoms with van der Waals surface area (Å²) in [5, 5.41) is 4.48. The molecule has 80 valence electrons. The molecule has 0 aromatic heterocycles. The van der Waals surface area contributed by atoms with Crippen LogP contribution in [0.25, 0.3) is 0 Å². The number of carbonyl (C=O) groups is 3. The number of nitrogens with two attached hydrogens (primary N) is 1. The average Bonchev–Trinajstić information content (AvgIpc) is 2.14. The number of nitrogens with one attached hydrogen (secondary N) is 2. The van der Waals surface area contributed by atoms with Crippen molar-refractivity contribution in [1.29, 1.82) is 0 Å². The molecule has 1 unspecified atom stereocenters. The van der Waals surface area contributed by atoms with Crippen molar-refractivity contribution >= 4 is 18.2 Å². The highest BCUT2D eigenvalue weighted by Crippen LogP contribution is 1.85. The van der Waals surface area contributed by atoms with Crippen LogP contribution in [0, 0.1) is 0 Å². The van der Waals surface area contributed by atoms with Crippen molar-refractivity contribution in [3.05, 3.63) is 0 Å². The average molecular weight is 203 g/mol. The largest absolute Gasteiger partial charge is 0.367 e. The van der Waals surface area contributed by atoms with E-state index in [1.54, 1.807) is 0 Å². The Bertz CT molecular complexity index is 219. The maximum absolute atomic E-state index is 10.8. The third-order valence-electron chi connectivity index (χ3n) is 1.35. The van der Waals surface area contributed by atoms with Crippen LogP contribution >= 0.6 is 0 Å². The Morgan fingerprint density at radius 1 is 1.57 bits per heavy atom. The van der Waals surface area contributed by atoms with Crippen LogP contribution in [0.2, 0.25) is 0 Å². The molecule has 3 amide bonds. The van der Waals surface area contributed by atoms with E-state index in [1.807, 2.05) is 0 Å². The lowest BCUT2D eigenvalue weighted by molar-refractivity contribution is -0.132. The first kappa shape index (κ1) is 12.4. The van der Waals surface area contributed by atoms with E-state index in [4.69, 9.17) is 10.5 Å². The van der Waals surface area contributed by atoms with E-state index < -0.39 is 17.9 Å². The van der Waals surface area contributed by atoms with E-state index in [1.165, 1.54) is 6.92 Å². The maximum Gasteiger partial charge on any atom is 0.246 e. The Morgan fingerprint density at radius 3 is 2.71 bits per heavy atom. The van der Waals surface area contributed by atoms with E-state index in [0.717, 1.165) is 0 Å². The number of amides is 3. The van der Waals surface area contributed by atoms with Gasteiger partial charge in [-0.3, -0.25) is 14.4 Å². The lowest BCUT2D eigenvalue weighted by Gasteiger charge is -2.09. The van der Waals surface area contributed by atoms with Crippen LogP contribution in [-0.2, 0) is 19.1 Å².